The first-order valence-corrected chi connectivity index (χ1v) is 21.1. The predicted molar refractivity (Wildman–Crippen MR) is 188 cm³/mol. The van der Waals surface area contributed by atoms with Crippen LogP contribution in [0.1, 0.15) is 37.1 Å². The maximum atomic E-state index is 13.9. The molecule has 0 amide bonds. The number of hydrogen-bond acceptors (Lipinski definition) is 10. The lowest BCUT2D eigenvalue weighted by atomic mass is 10.0. The average molecular weight is 729 g/mol. The van der Waals surface area contributed by atoms with Gasteiger partial charge in [0.2, 0.25) is 0 Å². The molecule has 0 aliphatic rings. The Morgan fingerprint density at radius 1 is 1.09 bits per heavy atom. The zero-order valence-corrected chi connectivity index (χ0v) is 30.6. The van der Waals surface area contributed by atoms with Crippen molar-refractivity contribution in [2.75, 3.05) is 36.4 Å². The molecule has 0 aliphatic heterocycles. The summed E-state index contributed by atoms with van der Waals surface area (Å²) in [7, 11) is -6.37. The minimum absolute atomic E-state index is 0.0638. The zero-order chi connectivity index (χ0) is 33.7. The number of thiophene rings is 1. The molecular weight excluding hydrogens is 689 g/mol. The largest absolute Gasteiger partial charge is 0.415 e. The van der Waals surface area contributed by atoms with E-state index in [9.17, 15) is 18.5 Å². The summed E-state index contributed by atoms with van der Waals surface area (Å²) in [6.07, 6.45) is -0.0706. The fourth-order valence-corrected chi connectivity index (χ4v) is 8.36. The third-order valence-corrected chi connectivity index (χ3v) is 15.5. The van der Waals surface area contributed by atoms with Gasteiger partial charge in [0.25, 0.3) is 0 Å². The Morgan fingerprint density at radius 3 is 2.37 bits per heavy atom. The van der Waals surface area contributed by atoms with Crippen LogP contribution in [0.25, 0.3) is 11.0 Å². The van der Waals surface area contributed by atoms with Gasteiger partial charge in [-0.1, -0.05) is 43.4 Å². The van der Waals surface area contributed by atoms with Gasteiger partial charge in [-0.15, -0.1) is 28.3 Å². The normalized spacial score (nSPS) is 13.2. The summed E-state index contributed by atoms with van der Waals surface area (Å²) in [6.45, 7) is 13.0. The summed E-state index contributed by atoms with van der Waals surface area (Å²) in [5, 5.41) is 20.4. The van der Waals surface area contributed by atoms with Gasteiger partial charge in [-0.3, -0.25) is 10.1 Å². The molecule has 0 saturated heterocycles. The minimum Gasteiger partial charge on any atom is -0.415 e. The minimum atomic E-state index is -4.41. The van der Waals surface area contributed by atoms with Crippen LogP contribution in [0.4, 0.5) is 10.7 Å². The molecule has 0 radical (unpaired) electrons. The number of hydrogen-bond donors (Lipinski definition) is 0. The van der Waals surface area contributed by atoms with Crippen molar-refractivity contribution in [1.29, 1.82) is 0 Å². The maximum Gasteiger partial charge on any atom is 0.328 e. The van der Waals surface area contributed by atoms with Crippen LogP contribution >= 0.6 is 34.5 Å². The number of anilines is 1. The summed E-state index contributed by atoms with van der Waals surface area (Å²) in [5.74, 6) is 0.887. The van der Waals surface area contributed by atoms with E-state index in [0.717, 1.165) is 17.0 Å². The second-order valence-electron chi connectivity index (χ2n) is 12.3. The van der Waals surface area contributed by atoms with Gasteiger partial charge in [0.1, 0.15) is 16.5 Å². The van der Waals surface area contributed by atoms with E-state index in [4.69, 9.17) is 31.8 Å². The average Bonchev–Trinajstić information content (AvgIpc) is 3.63. The van der Waals surface area contributed by atoms with Crippen molar-refractivity contribution >= 4 is 74.7 Å². The lowest BCUT2D eigenvalue weighted by molar-refractivity contribution is -0.380. The van der Waals surface area contributed by atoms with Crippen molar-refractivity contribution in [1.82, 2.24) is 15.0 Å². The van der Waals surface area contributed by atoms with E-state index in [1.165, 1.54) is 11.4 Å². The fourth-order valence-electron chi connectivity index (χ4n) is 4.67. The molecule has 0 N–H and O–H groups in total. The number of nitro groups is 1. The smallest absolute Gasteiger partial charge is 0.328 e. The Kier molecular flexibility index (Phi) is 11.8. The Balaban J connectivity index is 1.62. The topological polar surface area (TPSA) is 130 Å². The second kappa shape index (κ2) is 15.0. The van der Waals surface area contributed by atoms with Gasteiger partial charge in [-0.25, -0.2) is 4.68 Å². The lowest BCUT2D eigenvalue weighted by Gasteiger charge is -2.36. The van der Waals surface area contributed by atoms with Gasteiger partial charge in [0, 0.05) is 30.5 Å². The molecule has 1 atom stereocenters. The van der Waals surface area contributed by atoms with Gasteiger partial charge in [0.15, 0.2) is 8.32 Å². The first kappa shape index (κ1) is 36.1. The van der Waals surface area contributed by atoms with Crippen LogP contribution in [0.3, 0.4) is 0 Å². The molecule has 1 unspecified atom stereocenters. The molecule has 11 nitrogen and oxygen atoms in total. The molecule has 0 bridgehead atoms. The fraction of sp³-hybridized carbons (Fsp3) is 0.467. The molecular formula is C30H39Cl2N5O6S2Si. The summed E-state index contributed by atoms with van der Waals surface area (Å²) in [6, 6.07) is 13.3. The van der Waals surface area contributed by atoms with Crippen LogP contribution in [0.5, 0.6) is 5.75 Å². The van der Waals surface area contributed by atoms with E-state index in [2.05, 4.69) is 44.2 Å². The number of alkyl halides is 2. The summed E-state index contributed by atoms with van der Waals surface area (Å²) in [5.41, 5.74) is 2.86. The predicted octanol–water partition coefficient (Wildman–Crippen LogP) is 7.40. The first-order valence-electron chi connectivity index (χ1n) is 14.7. The standard InChI is InChI=1S/C30H39Cl2N5O6S2Si/c1-30(2,3)46(4,5)42-18-17-36-27-20-22(6-11-26(27)33-34-36)21-28(25-12-19-44-29(25)37(38)39)45(40,41)43-24-9-7-23(8-10-24)35(15-13-31)16-14-32/h6-12,19-20,28H,13-18,21H2,1-5H3. The summed E-state index contributed by atoms with van der Waals surface area (Å²) in [4.78, 5) is 13.3. The van der Waals surface area contributed by atoms with Crippen molar-refractivity contribution in [2.45, 2.75) is 57.1 Å². The molecule has 16 heteroatoms. The Hall–Kier alpha value is -2.75. The van der Waals surface area contributed by atoms with Gasteiger partial charge in [0.05, 0.1) is 29.2 Å². The van der Waals surface area contributed by atoms with Crippen molar-refractivity contribution < 1.29 is 22.0 Å². The molecule has 2 aromatic carbocycles. The van der Waals surface area contributed by atoms with Crippen LogP contribution in [-0.4, -0.2) is 68.1 Å². The third-order valence-electron chi connectivity index (χ3n) is 8.23. The Labute approximate surface area is 284 Å². The van der Waals surface area contributed by atoms with Crippen molar-refractivity contribution in [3.05, 3.63) is 75.2 Å². The molecule has 0 fully saturated rings. The van der Waals surface area contributed by atoms with E-state index < -0.39 is 28.6 Å². The number of fused-ring (bicyclic) bond motifs is 1. The van der Waals surface area contributed by atoms with E-state index in [1.54, 1.807) is 41.1 Å². The van der Waals surface area contributed by atoms with Gasteiger partial charge in [-0.2, -0.15) is 8.42 Å². The number of rotatable bonds is 16. The molecule has 46 heavy (non-hydrogen) atoms. The first-order chi connectivity index (χ1) is 21.7. The Morgan fingerprint density at radius 2 is 1.76 bits per heavy atom. The quantitative estimate of drug-likeness (QED) is 0.0381. The highest BCUT2D eigenvalue weighted by atomic mass is 35.5. The molecule has 0 spiro atoms. The van der Waals surface area contributed by atoms with Crippen molar-refractivity contribution in [3.8, 4) is 5.75 Å². The van der Waals surface area contributed by atoms with Crippen LogP contribution in [0.15, 0.2) is 53.9 Å². The molecule has 2 aromatic heterocycles. The van der Waals surface area contributed by atoms with Crippen LogP contribution < -0.4 is 9.08 Å². The summed E-state index contributed by atoms with van der Waals surface area (Å²) < 4.78 is 41.4. The molecule has 2 heterocycles. The van der Waals surface area contributed by atoms with Gasteiger partial charge < -0.3 is 13.5 Å². The second-order valence-corrected chi connectivity index (χ2v) is 20.5. The summed E-state index contributed by atoms with van der Waals surface area (Å²) >= 11 is 12.7. The number of nitrogens with zero attached hydrogens (tertiary/aromatic N) is 5. The number of halogens is 2. The van der Waals surface area contributed by atoms with Gasteiger partial charge in [-0.05, 0) is 78.0 Å². The third kappa shape index (κ3) is 8.58. The van der Waals surface area contributed by atoms with E-state index in [0.29, 0.717) is 54.6 Å². The highest BCUT2D eigenvalue weighted by Gasteiger charge is 2.38. The Bertz CT molecular complexity index is 1740. The van der Waals surface area contributed by atoms with Gasteiger partial charge >= 0.3 is 15.1 Å². The SMILES string of the molecule is CC(C)(C)[Si](C)(C)OCCn1nnc2ccc(CC(c3ccsc3[N+](=O)[O-])S(=O)(=O)Oc3ccc(N(CCCl)CCCl)cc3)cc21. The van der Waals surface area contributed by atoms with Crippen molar-refractivity contribution in [2.24, 2.45) is 0 Å². The molecule has 4 rings (SSSR count). The maximum absolute atomic E-state index is 13.9. The van der Waals surface area contributed by atoms with Crippen LogP contribution in [-0.2, 0) is 27.5 Å². The highest BCUT2D eigenvalue weighted by molar-refractivity contribution is 7.87. The molecule has 0 saturated carbocycles. The lowest BCUT2D eigenvalue weighted by Crippen LogP contribution is -2.41. The highest BCUT2D eigenvalue weighted by Crippen LogP contribution is 2.39. The van der Waals surface area contributed by atoms with Crippen LogP contribution in [0, 0.1) is 10.1 Å². The van der Waals surface area contributed by atoms with Crippen molar-refractivity contribution in [3.63, 3.8) is 0 Å². The monoisotopic (exact) mass is 727 g/mol. The van der Waals surface area contributed by atoms with Crippen LogP contribution in [0.2, 0.25) is 18.1 Å². The zero-order valence-electron chi connectivity index (χ0n) is 26.5. The molecule has 4 aromatic rings. The number of benzene rings is 2. The van der Waals surface area contributed by atoms with E-state index in [-0.39, 0.29) is 27.8 Å². The molecule has 250 valence electrons. The molecule has 0 aliphatic carbocycles. The number of aromatic nitrogens is 3. The van der Waals surface area contributed by atoms with E-state index >= 15 is 0 Å². The van der Waals surface area contributed by atoms with E-state index in [1.807, 2.05) is 11.0 Å².